The molecule has 40 heavy (non-hydrogen) atoms. The van der Waals surface area contributed by atoms with Crippen LogP contribution in [0.4, 0.5) is 5.69 Å². The van der Waals surface area contributed by atoms with Crippen LogP contribution < -0.4 is 9.64 Å². The molecule has 204 valence electrons. The fraction of sp³-hybridized carbons (Fsp3) is 0.364. The van der Waals surface area contributed by atoms with E-state index in [4.69, 9.17) is 9.15 Å². The molecule has 7 rings (SSSR count). The van der Waals surface area contributed by atoms with E-state index < -0.39 is 0 Å². The van der Waals surface area contributed by atoms with Gasteiger partial charge >= 0.3 is 0 Å². The van der Waals surface area contributed by atoms with E-state index >= 15 is 0 Å². The predicted octanol–water partition coefficient (Wildman–Crippen LogP) is 5.97. The Balaban J connectivity index is 1.15. The standard InChI is InChI=1S/C33H34N4O3/c1-21-17-26(31-35-34-22(2)40-31)10-11-27(21)23-6-8-24(9-7-23)32(38)37-14-4-5-25-18-30-28(19-29(25)37)33(20-39-30)12-15-36(3)16-13-33/h6-11,17-19H,4-5,12-16,20H2,1-3H3. The number of likely N-dealkylation sites (tertiary alicyclic amines) is 1. The topological polar surface area (TPSA) is 71.7 Å². The summed E-state index contributed by atoms with van der Waals surface area (Å²) in [4.78, 5) is 18.2. The zero-order chi connectivity index (χ0) is 27.4. The molecule has 1 aromatic heterocycles. The molecule has 0 saturated carbocycles. The van der Waals surface area contributed by atoms with E-state index in [2.05, 4.69) is 53.3 Å². The molecule has 1 amide bonds. The summed E-state index contributed by atoms with van der Waals surface area (Å²) in [6.45, 7) is 7.50. The fourth-order valence-corrected chi connectivity index (χ4v) is 6.59. The number of benzene rings is 3. The Morgan fingerprint density at radius 2 is 1.70 bits per heavy atom. The van der Waals surface area contributed by atoms with Crippen molar-refractivity contribution >= 4 is 11.6 Å². The molecule has 7 nitrogen and oxygen atoms in total. The minimum Gasteiger partial charge on any atom is -0.492 e. The van der Waals surface area contributed by atoms with E-state index in [9.17, 15) is 4.79 Å². The summed E-state index contributed by atoms with van der Waals surface area (Å²) >= 11 is 0. The molecular weight excluding hydrogens is 500 g/mol. The van der Waals surface area contributed by atoms with Gasteiger partial charge in [-0.1, -0.05) is 18.2 Å². The molecule has 0 bridgehead atoms. The van der Waals surface area contributed by atoms with Crippen LogP contribution in [-0.2, 0) is 11.8 Å². The molecule has 3 aliphatic heterocycles. The van der Waals surface area contributed by atoms with Gasteiger partial charge in [-0.2, -0.15) is 0 Å². The number of hydrogen-bond donors (Lipinski definition) is 0. The third-order valence-corrected chi connectivity index (χ3v) is 9.01. The number of rotatable bonds is 3. The van der Waals surface area contributed by atoms with Crippen LogP contribution in [-0.4, -0.2) is 54.3 Å². The zero-order valence-corrected chi connectivity index (χ0v) is 23.4. The Labute approximate surface area is 234 Å². The summed E-state index contributed by atoms with van der Waals surface area (Å²) in [5.41, 5.74) is 8.54. The van der Waals surface area contributed by atoms with Crippen LogP contribution >= 0.6 is 0 Å². The Bertz CT molecular complexity index is 1600. The largest absolute Gasteiger partial charge is 0.492 e. The van der Waals surface area contributed by atoms with Gasteiger partial charge in [-0.3, -0.25) is 4.79 Å². The van der Waals surface area contributed by atoms with Crippen molar-refractivity contribution in [3.05, 3.63) is 82.7 Å². The number of piperidine rings is 1. The van der Waals surface area contributed by atoms with Gasteiger partial charge in [0, 0.05) is 41.3 Å². The van der Waals surface area contributed by atoms with Crippen LogP contribution in [0.2, 0.25) is 0 Å². The quantitative estimate of drug-likeness (QED) is 0.323. The van der Waals surface area contributed by atoms with Gasteiger partial charge in [0.15, 0.2) is 0 Å². The minimum absolute atomic E-state index is 0.0580. The summed E-state index contributed by atoms with van der Waals surface area (Å²) in [5.74, 6) is 2.15. The average molecular weight is 535 g/mol. The van der Waals surface area contributed by atoms with Gasteiger partial charge in [0.1, 0.15) is 5.75 Å². The van der Waals surface area contributed by atoms with Gasteiger partial charge in [-0.25, -0.2) is 0 Å². The van der Waals surface area contributed by atoms with E-state index in [1.165, 1.54) is 11.1 Å². The number of nitrogens with zero attached hydrogens (tertiary/aromatic N) is 4. The second-order valence-corrected chi connectivity index (χ2v) is 11.6. The second kappa shape index (κ2) is 9.59. The number of ether oxygens (including phenoxy) is 1. The van der Waals surface area contributed by atoms with Crippen molar-refractivity contribution in [3.8, 4) is 28.3 Å². The maximum atomic E-state index is 13.9. The van der Waals surface area contributed by atoms with Crippen molar-refractivity contribution in [1.82, 2.24) is 15.1 Å². The van der Waals surface area contributed by atoms with Crippen LogP contribution in [0.3, 0.4) is 0 Å². The number of anilines is 1. The smallest absolute Gasteiger partial charge is 0.258 e. The van der Waals surface area contributed by atoms with E-state index in [1.807, 2.05) is 35.2 Å². The molecule has 1 spiro atoms. The van der Waals surface area contributed by atoms with Crippen LogP contribution in [0.25, 0.3) is 22.6 Å². The van der Waals surface area contributed by atoms with Crippen LogP contribution in [0.1, 0.15) is 52.2 Å². The van der Waals surface area contributed by atoms with Crippen molar-refractivity contribution in [2.75, 3.05) is 38.2 Å². The molecule has 1 fully saturated rings. The third-order valence-electron chi connectivity index (χ3n) is 9.01. The summed E-state index contributed by atoms with van der Waals surface area (Å²) in [6.07, 6.45) is 4.12. The fourth-order valence-electron chi connectivity index (χ4n) is 6.59. The normalized spacial score (nSPS) is 17.9. The first-order valence-corrected chi connectivity index (χ1v) is 14.2. The highest BCUT2D eigenvalue weighted by Crippen LogP contribution is 2.48. The van der Waals surface area contributed by atoms with Crippen molar-refractivity contribution < 1.29 is 13.9 Å². The van der Waals surface area contributed by atoms with Gasteiger partial charge < -0.3 is 19.0 Å². The number of amides is 1. The van der Waals surface area contributed by atoms with Crippen molar-refractivity contribution in [3.63, 3.8) is 0 Å². The molecule has 7 heteroatoms. The number of hydrogen-bond acceptors (Lipinski definition) is 6. The Hall–Kier alpha value is -3.97. The molecule has 0 aliphatic carbocycles. The Kier molecular flexibility index (Phi) is 6.00. The number of carbonyl (C=O) groups excluding carboxylic acids is 1. The zero-order valence-electron chi connectivity index (χ0n) is 23.4. The number of aromatic nitrogens is 2. The molecule has 3 aromatic carbocycles. The van der Waals surface area contributed by atoms with E-state index in [0.717, 1.165) is 85.6 Å². The van der Waals surface area contributed by atoms with E-state index in [-0.39, 0.29) is 11.3 Å². The van der Waals surface area contributed by atoms with Gasteiger partial charge in [-0.15, -0.1) is 10.2 Å². The first-order valence-electron chi connectivity index (χ1n) is 14.2. The second-order valence-electron chi connectivity index (χ2n) is 11.6. The Morgan fingerprint density at radius 3 is 2.42 bits per heavy atom. The Morgan fingerprint density at radius 1 is 0.925 bits per heavy atom. The van der Waals surface area contributed by atoms with Gasteiger partial charge in [-0.05, 0) is 111 Å². The summed E-state index contributed by atoms with van der Waals surface area (Å²) in [5, 5.41) is 8.06. The van der Waals surface area contributed by atoms with Gasteiger partial charge in [0.05, 0.1) is 6.61 Å². The van der Waals surface area contributed by atoms with Crippen molar-refractivity contribution in [1.29, 1.82) is 0 Å². The molecule has 0 unspecified atom stereocenters. The SMILES string of the molecule is Cc1nnc(-c2ccc(-c3ccc(C(=O)N4CCCc5cc6c(cc54)C4(CCN(C)CC4)CO6)cc3)c(C)c2)o1. The highest BCUT2D eigenvalue weighted by Gasteiger charge is 2.43. The molecule has 1 saturated heterocycles. The first kappa shape index (κ1) is 25.0. The van der Waals surface area contributed by atoms with Crippen LogP contribution in [0.15, 0.2) is 59.0 Å². The first-order chi connectivity index (χ1) is 19.4. The molecule has 0 radical (unpaired) electrons. The lowest BCUT2D eigenvalue weighted by molar-refractivity contribution is 0.0985. The lowest BCUT2D eigenvalue weighted by atomic mass is 9.74. The maximum absolute atomic E-state index is 13.9. The minimum atomic E-state index is 0.0580. The number of carbonyl (C=O) groups is 1. The molecule has 4 heterocycles. The van der Waals surface area contributed by atoms with E-state index in [1.54, 1.807) is 6.92 Å². The highest BCUT2D eigenvalue weighted by molar-refractivity contribution is 6.07. The summed E-state index contributed by atoms with van der Waals surface area (Å²) < 4.78 is 11.8. The van der Waals surface area contributed by atoms with Crippen LogP contribution in [0.5, 0.6) is 5.75 Å². The van der Waals surface area contributed by atoms with Crippen molar-refractivity contribution in [2.24, 2.45) is 0 Å². The summed E-state index contributed by atoms with van der Waals surface area (Å²) in [6, 6.07) is 18.6. The molecule has 0 N–H and O–H groups in total. The monoisotopic (exact) mass is 534 g/mol. The van der Waals surface area contributed by atoms with Gasteiger partial charge in [0.25, 0.3) is 5.91 Å². The van der Waals surface area contributed by atoms with Gasteiger partial charge in [0.2, 0.25) is 11.8 Å². The lowest BCUT2D eigenvalue weighted by Crippen LogP contribution is -2.42. The number of fused-ring (bicyclic) bond motifs is 3. The molecule has 4 aromatic rings. The third kappa shape index (κ3) is 4.20. The van der Waals surface area contributed by atoms with Crippen LogP contribution in [0, 0.1) is 13.8 Å². The molecular formula is C33H34N4O3. The number of aryl methyl sites for hydroxylation is 3. The summed E-state index contributed by atoms with van der Waals surface area (Å²) in [7, 11) is 2.19. The average Bonchev–Trinajstić information content (AvgIpc) is 3.56. The highest BCUT2D eigenvalue weighted by atomic mass is 16.5. The molecule has 0 atom stereocenters. The predicted molar refractivity (Wildman–Crippen MR) is 155 cm³/mol. The maximum Gasteiger partial charge on any atom is 0.258 e. The van der Waals surface area contributed by atoms with E-state index in [0.29, 0.717) is 17.3 Å². The molecule has 3 aliphatic rings. The lowest BCUT2D eigenvalue weighted by Gasteiger charge is -2.37. The van der Waals surface area contributed by atoms with Crippen molar-refractivity contribution in [2.45, 2.75) is 44.9 Å².